The molecule has 0 aromatic heterocycles. The van der Waals surface area contributed by atoms with E-state index in [0.29, 0.717) is 28.4 Å². The lowest BCUT2D eigenvalue weighted by Crippen LogP contribution is -2.15. The van der Waals surface area contributed by atoms with Crippen molar-refractivity contribution in [2.75, 3.05) is 24.3 Å². The maximum Gasteiger partial charge on any atom is 0.262 e. The number of carbonyl (C=O) groups is 1. The standard InChI is InChI=1S/C21H20N2O5S/c1-27-17-9-5-7-15(13-17)21(24)22-16-8-6-10-18(14-16)29(25,26)23-19-11-3-4-12-20(19)28-2/h3-14,23H,1-2H3,(H,22,24). The van der Waals surface area contributed by atoms with Gasteiger partial charge in [-0.2, -0.15) is 0 Å². The Kier molecular flexibility index (Phi) is 6.04. The SMILES string of the molecule is COc1cccc(C(=O)Nc2cccc(S(=O)(=O)Nc3ccccc3OC)c2)c1. The van der Waals surface area contributed by atoms with Crippen molar-refractivity contribution in [2.45, 2.75) is 4.90 Å². The lowest BCUT2D eigenvalue weighted by Gasteiger charge is -2.13. The molecule has 0 unspecified atom stereocenters. The second kappa shape index (κ2) is 8.66. The van der Waals surface area contributed by atoms with Gasteiger partial charge in [0.1, 0.15) is 11.5 Å². The Hall–Kier alpha value is -3.52. The summed E-state index contributed by atoms with van der Waals surface area (Å²) in [6, 6.07) is 19.4. The number of sulfonamides is 1. The Labute approximate surface area is 169 Å². The molecule has 1 amide bonds. The molecule has 7 nitrogen and oxygen atoms in total. The highest BCUT2D eigenvalue weighted by Gasteiger charge is 2.17. The van der Waals surface area contributed by atoms with Gasteiger partial charge < -0.3 is 14.8 Å². The van der Waals surface area contributed by atoms with Crippen LogP contribution in [0.15, 0.2) is 77.7 Å². The largest absolute Gasteiger partial charge is 0.497 e. The molecular formula is C21H20N2O5S. The number of anilines is 2. The monoisotopic (exact) mass is 412 g/mol. The number of rotatable bonds is 7. The zero-order valence-corrected chi connectivity index (χ0v) is 16.7. The van der Waals surface area contributed by atoms with Crippen LogP contribution in [0.5, 0.6) is 11.5 Å². The molecule has 0 heterocycles. The minimum Gasteiger partial charge on any atom is -0.497 e. The van der Waals surface area contributed by atoms with Gasteiger partial charge >= 0.3 is 0 Å². The number of ether oxygens (including phenoxy) is 2. The first kappa shape index (κ1) is 20.2. The summed E-state index contributed by atoms with van der Waals surface area (Å²) in [5.74, 6) is 0.574. The summed E-state index contributed by atoms with van der Waals surface area (Å²) in [6.07, 6.45) is 0. The van der Waals surface area contributed by atoms with Crippen LogP contribution in [-0.4, -0.2) is 28.5 Å². The molecule has 0 radical (unpaired) electrons. The van der Waals surface area contributed by atoms with Gasteiger partial charge in [-0.3, -0.25) is 9.52 Å². The van der Waals surface area contributed by atoms with Crippen LogP contribution in [0.4, 0.5) is 11.4 Å². The van der Waals surface area contributed by atoms with Crippen molar-refractivity contribution in [1.82, 2.24) is 0 Å². The van der Waals surface area contributed by atoms with Crippen molar-refractivity contribution in [2.24, 2.45) is 0 Å². The first-order chi connectivity index (χ1) is 13.9. The molecule has 0 atom stereocenters. The minimum absolute atomic E-state index is 0.00634. The molecule has 2 N–H and O–H groups in total. The lowest BCUT2D eigenvalue weighted by molar-refractivity contribution is 0.102. The summed E-state index contributed by atoms with van der Waals surface area (Å²) < 4.78 is 38.3. The van der Waals surface area contributed by atoms with Crippen LogP contribution in [0.25, 0.3) is 0 Å². The number of methoxy groups -OCH3 is 2. The second-order valence-corrected chi connectivity index (χ2v) is 7.70. The third kappa shape index (κ3) is 4.85. The topological polar surface area (TPSA) is 93.7 Å². The second-order valence-electron chi connectivity index (χ2n) is 6.02. The zero-order chi connectivity index (χ0) is 20.9. The Balaban J connectivity index is 1.82. The van der Waals surface area contributed by atoms with Gasteiger partial charge in [0.05, 0.1) is 24.8 Å². The molecule has 0 aliphatic carbocycles. The third-order valence-electron chi connectivity index (χ3n) is 4.09. The summed E-state index contributed by atoms with van der Waals surface area (Å²) in [6.45, 7) is 0. The smallest absolute Gasteiger partial charge is 0.262 e. The highest BCUT2D eigenvalue weighted by molar-refractivity contribution is 7.92. The fraction of sp³-hybridized carbons (Fsp3) is 0.0952. The molecule has 0 saturated heterocycles. The molecule has 0 aliphatic rings. The molecule has 3 aromatic carbocycles. The van der Waals surface area contributed by atoms with Crippen LogP contribution in [0.3, 0.4) is 0 Å². The first-order valence-corrected chi connectivity index (χ1v) is 10.1. The van der Waals surface area contributed by atoms with E-state index in [4.69, 9.17) is 9.47 Å². The van der Waals surface area contributed by atoms with E-state index in [-0.39, 0.29) is 10.8 Å². The Morgan fingerprint density at radius 2 is 1.62 bits per heavy atom. The maximum atomic E-state index is 12.8. The average molecular weight is 412 g/mol. The van der Waals surface area contributed by atoms with Crippen LogP contribution in [0.2, 0.25) is 0 Å². The highest BCUT2D eigenvalue weighted by Crippen LogP contribution is 2.27. The van der Waals surface area contributed by atoms with Gasteiger partial charge in [0.15, 0.2) is 0 Å². The number of hydrogen-bond acceptors (Lipinski definition) is 5. The summed E-state index contributed by atoms with van der Waals surface area (Å²) in [5, 5.41) is 2.70. The van der Waals surface area contributed by atoms with Gasteiger partial charge in [-0.15, -0.1) is 0 Å². The van der Waals surface area contributed by atoms with Crippen molar-refractivity contribution in [3.63, 3.8) is 0 Å². The van der Waals surface area contributed by atoms with Crippen molar-refractivity contribution in [3.05, 3.63) is 78.4 Å². The summed E-state index contributed by atoms with van der Waals surface area (Å²) >= 11 is 0. The third-order valence-corrected chi connectivity index (χ3v) is 5.45. The van der Waals surface area contributed by atoms with Gasteiger partial charge in [0.25, 0.3) is 15.9 Å². The quantitative estimate of drug-likeness (QED) is 0.616. The molecular weight excluding hydrogens is 392 g/mol. The van der Waals surface area contributed by atoms with Gasteiger partial charge in [0, 0.05) is 11.3 Å². The summed E-state index contributed by atoms with van der Waals surface area (Å²) in [5.41, 5.74) is 1.06. The number of carbonyl (C=O) groups excluding carboxylic acids is 1. The van der Waals surface area contributed by atoms with Crippen molar-refractivity contribution < 1.29 is 22.7 Å². The van der Waals surface area contributed by atoms with E-state index in [1.165, 1.54) is 26.4 Å². The number of benzene rings is 3. The van der Waals surface area contributed by atoms with E-state index in [2.05, 4.69) is 10.0 Å². The predicted molar refractivity (Wildman–Crippen MR) is 111 cm³/mol. The molecule has 0 bridgehead atoms. The summed E-state index contributed by atoms with van der Waals surface area (Å²) in [4.78, 5) is 12.5. The van der Waals surface area contributed by atoms with Crippen molar-refractivity contribution in [1.29, 1.82) is 0 Å². The van der Waals surface area contributed by atoms with E-state index in [1.807, 2.05) is 0 Å². The Morgan fingerprint density at radius 3 is 2.38 bits per heavy atom. The minimum atomic E-state index is -3.88. The molecule has 0 fully saturated rings. The van der Waals surface area contributed by atoms with E-state index in [1.54, 1.807) is 60.7 Å². The van der Waals surface area contributed by atoms with Crippen LogP contribution < -0.4 is 19.5 Å². The number of hydrogen-bond donors (Lipinski definition) is 2. The van der Waals surface area contributed by atoms with Crippen molar-refractivity contribution >= 4 is 27.3 Å². The van der Waals surface area contributed by atoms with Gasteiger partial charge in [-0.25, -0.2) is 8.42 Å². The average Bonchev–Trinajstić information content (AvgIpc) is 2.74. The number of amides is 1. The molecule has 0 spiro atoms. The van der Waals surface area contributed by atoms with Crippen LogP contribution in [-0.2, 0) is 10.0 Å². The molecule has 3 rings (SSSR count). The first-order valence-electron chi connectivity index (χ1n) is 8.64. The van der Waals surface area contributed by atoms with E-state index in [9.17, 15) is 13.2 Å². The normalized spacial score (nSPS) is 10.8. The van der Waals surface area contributed by atoms with Gasteiger partial charge in [-0.05, 0) is 48.5 Å². The predicted octanol–water partition coefficient (Wildman–Crippen LogP) is 3.76. The molecule has 0 aliphatic heterocycles. The Morgan fingerprint density at radius 1 is 0.862 bits per heavy atom. The highest BCUT2D eigenvalue weighted by atomic mass is 32.2. The fourth-order valence-electron chi connectivity index (χ4n) is 2.64. The van der Waals surface area contributed by atoms with Gasteiger partial charge in [0.2, 0.25) is 0 Å². The van der Waals surface area contributed by atoms with E-state index >= 15 is 0 Å². The van der Waals surface area contributed by atoms with Crippen LogP contribution >= 0.6 is 0 Å². The van der Waals surface area contributed by atoms with Crippen LogP contribution in [0.1, 0.15) is 10.4 Å². The number of para-hydroxylation sites is 2. The van der Waals surface area contributed by atoms with Gasteiger partial charge in [-0.1, -0.05) is 24.3 Å². The molecule has 150 valence electrons. The molecule has 3 aromatic rings. The number of nitrogens with one attached hydrogen (secondary N) is 2. The van der Waals surface area contributed by atoms with Crippen molar-refractivity contribution in [3.8, 4) is 11.5 Å². The van der Waals surface area contributed by atoms with Crippen LogP contribution in [0, 0.1) is 0 Å². The zero-order valence-electron chi connectivity index (χ0n) is 15.9. The van der Waals surface area contributed by atoms with E-state index < -0.39 is 10.0 Å². The fourth-order valence-corrected chi connectivity index (χ4v) is 3.76. The lowest BCUT2D eigenvalue weighted by atomic mass is 10.2. The Bertz CT molecular complexity index is 1130. The maximum absolute atomic E-state index is 12.8. The van der Waals surface area contributed by atoms with E-state index in [0.717, 1.165) is 0 Å². The summed E-state index contributed by atoms with van der Waals surface area (Å²) in [7, 11) is -0.907. The molecule has 0 saturated carbocycles. The molecule has 8 heteroatoms. The molecule has 29 heavy (non-hydrogen) atoms.